The first-order valence-electron chi connectivity index (χ1n) is 12.2. The van der Waals surface area contributed by atoms with E-state index in [0.29, 0.717) is 39.3 Å². The number of amides is 2. The van der Waals surface area contributed by atoms with Crippen molar-refractivity contribution in [1.29, 1.82) is 0 Å². The maximum absolute atomic E-state index is 12.6. The molecule has 0 N–H and O–H groups in total. The third kappa shape index (κ3) is 10.6. The zero-order valence-electron chi connectivity index (χ0n) is 22.2. The molecular formula is C29H40N2O5. The van der Waals surface area contributed by atoms with E-state index in [-0.39, 0.29) is 23.7 Å². The highest BCUT2D eigenvalue weighted by Crippen LogP contribution is 2.24. The van der Waals surface area contributed by atoms with Gasteiger partial charge in [0.25, 0.3) is 0 Å². The highest BCUT2D eigenvalue weighted by molar-refractivity contribution is 5.77. The zero-order chi connectivity index (χ0) is 26.3. The van der Waals surface area contributed by atoms with Crippen molar-refractivity contribution >= 4 is 11.8 Å². The van der Waals surface area contributed by atoms with E-state index in [9.17, 15) is 9.59 Å². The van der Waals surface area contributed by atoms with Crippen LogP contribution in [0.1, 0.15) is 24.0 Å². The molecule has 0 aromatic heterocycles. The highest BCUT2D eigenvalue weighted by atomic mass is 16.5. The molecule has 0 aliphatic rings. The van der Waals surface area contributed by atoms with Gasteiger partial charge in [0.1, 0.15) is 5.75 Å². The van der Waals surface area contributed by atoms with Crippen molar-refractivity contribution in [2.24, 2.45) is 11.8 Å². The summed E-state index contributed by atoms with van der Waals surface area (Å²) in [4.78, 5) is 28.4. The third-order valence-electron chi connectivity index (χ3n) is 5.92. The van der Waals surface area contributed by atoms with Gasteiger partial charge < -0.3 is 24.0 Å². The van der Waals surface area contributed by atoms with Gasteiger partial charge in [-0.2, -0.15) is 0 Å². The average molecular weight is 497 g/mol. The predicted molar refractivity (Wildman–Crippen MR) is 141 cm³/mol. The normalized spacial score (nSPS) is 12.8. The summed E-state index contributed by atoms with van der Waals surface area (Å²) in [6, 6.07) is 17.7. The van der Waals surface area contributed by atoms with Gasteiger partial charge in [-0.25, -0.2) is 0 Å². The summed E-state index contributed by atoms with van der Waals surface area (Å²) in [5, 5.41) is 0. The molecule has 0 aliphatic carbocycles. The third-order valence-corrected chi connectivity index (χ3v) is 5.92. The summed E-state index contributed by atoms with van der Waals surface area (Å²) < 4.78 is 17.0. The van der Waals surface area contributed by atoms with Crippen LogP contribution in [0.5, 0.6) is 5.75 Å². The van der Waals surface area contributed by atoms with Crippen LogP contribution in [0.25, 0.3) is 0 Å². The van der Waals surface area contributed by atoms with Gasteiger partial charge in [-0.05, 0) is 35.1 Å². The van der Waals surface area contributed by atoms with Crippen molar-refractivity contribution in [3.8, 4) is 5.75 Å². The quantitative estimate of drug-likeness (QED) is 0.273. The van der Waals surface area contributed by atoms with Crippen LogP contribution in [0.3, 0.4) is 0 Å². The fourth-order valence-electron chi connectivity index (χ4n) is 3.62. The molecule has 7 heteroatoms. The van der Waals surface area contributed by atoms with Crippen LogP contribution >= 0.6 is 0 Å². The average Bonchev–Trinajstić information content (AvgIpc) is 2.87. The second-order valence-corrected chi connectivity index (χ2v) is 9.20. The molecule has 0 saturated heterocycles. The van der Waals surface area contributed by atoms with Crippen molar-refractivity contribution in [2.75, 3.05) is 48.5 Å². The lowest BCUT2D eigenvalue weighted by Gasteiger charge is -2.26. The van der Waals surface area contributed by atoms with Crippen LogP contribution < -0.4 is 4.74 Å². The van der Waals surface area contributed by atoms with Gasteiger partial charge >= 0.3 is 0 Å². The minimum absolute atomic E-state index is 0.00848. The first kappa shape index (κ1) is 29.1. The van der Waals surface area contributed by atoms with Crippen molar-refractivity contribution in [3.63, 3.8) is 0 Å². The van der Waals surface area contributed by atoms with Crippen molar-refractivity contribution in [2.45, 2.75) is 26.1 Å². The number of hydrogen-bond acceptors (Lipinski definition) is 5. The van der Waals surface area contributed by atoms with Gasteiger partial charge in [0.05, 0.1) is 33.5 Å². The first-order valence-corrected chi connectivity index (χ1v) is 12.2. The minimum Gasteiger partial charge on any atom is -0.497 e. The molecule has 196 valence electrons. The van der Waals surface area contributed by atoms with Crippen molar-refractivity contribution < 1.29 is 23.8 Å². The summed E-state index contributed by atoms with van der Waals surface area (Å²) in [7, 11) is 8.61. The largest absolute Gasteiger partial charge is 0.497 e. The molecule has 0 radical (unpaired) electrons. The Bertz CT molecular complexity index is 942. The number of methoxy groups -OCH3 is 1. The Morgan fingerprint density at radius 1 is 0.806 bits per heavy atom. The summed E-state index contributed by atoms with van der Waals surface area (Å²) in [6.07, 6.45) is 4.52. The number of carbonyl (C=O) groups is 2. The highest BCUT2D eigenvalue weighted by Gasteiger charge is 2.26. The Hall–Kier alpha value is -3.16. The lowest BCUT2D eigenvalue weighted by molar-refractivity contribution is -0.133. The Labute approximate surface area is 215 Å². The van der Waals surface area contributed by atoms with Gasteiger partial charge in [0.2, 0.25) is 11.8 Å². The number of carbonyl (C=O) groups excluding carboxylic acids is 2. The molecule has 0 heterocycles. The lowest BCUT2D eigenvalue weighted by Crippen LogP contribution is -2.32. The summed E-state index contributed by atoms with van der Waals surface area (Å²) in [5.74, 6) is 0.512. The van der Waals surface area contributed by atoms with Crippen LogP contribution in [0, 0.1) is 11.8 Å². The number of ether oxygens (including phenoxy) is 3. The van der Waals surface area contributed by atoms with Gasteiger partial charge in [0, 0.05) is 41.0 Å². The summed E-state index contributed by atoms with van der Waals surface area (Å²) in [6.45, 7) is 1.70. The zero-order valence-corrected chi connectivity index (χ0v) is 22.2. The van der Waals surface area contributed by atoms with Gasteiger partial charge in [-0.15, -0.1) is 0 Å². The maximum atomic E-state index is 12.6. The molecule has 2 amide bonds. The molecular weight excluding hydrogens is 456 g/mol. The molecule has 0 unspecified atom stereocenters. The molecule has 0 aliphatic heterocycles. The molecule has 0 fully saturated rings. The Balaban J connectivity index is 2.05. The Morgan fingerprint density at radius 2 is 1.39 bits per heavy atom. The fraction of sp³-hybridized carbons (Fsp3) is 0.448. The Kier molecular flexibility index (Phi) is 12.7. The smallest absolute Gasteiger partial charge is 0.222 e. The molecule has 7 nitrogen and oxygen atoms in total. The van der Waals surface area contributed by atoms with E-state index in [1.165, 1.54) is 0 Å². The predicted octanol–water partition coefficient (Wildman–Crippen LogP) is 4.17. The molecule has 2 aromatic rings. The summed E-state index contributed by atoms with van der Waals surface area (Å²) >= 11 is 0. The SMILES string of the molecule is COc1ccc(COC/C=C/[C@H](CC(=O)N(C)C)[C@H](COCc2ccccc2)CC(=O)N(C)C)cc1. The number of rotatable bonds is 15. The Morgan fingerprint density at radius 3 is 2.00 bits per heavy atom. The molecule has 0 bridgehead atoms. The number of allylic oxidation sites excluding steroid dienone is 1. The van der Waals surface area contributed by atoms with E-state index in [0.717, 1.165) is 16.9 Å². The van der Waals surface area contributed by atoms with Crippen LogP contribution in [-0.4, -0.2) is 70.1 Å². The topological polar surface area (TPSA) is 68.3 Å². The second kappa shape index (κ2) is 15.8. The second-order valence-electron chi connectivity index (χ2n) is 9.20. The molecule has 2 aromatic carbocycles. The van der Waals surface area contributed by atoms with Crippen LogP contribution in [-0.2, 0) is 32.3 Å². The van der Waals surface area contributed by atoms with Crippen LogP contribution in [0.2, 0.25) is 0 Å². The molecule has 0 spiro atoms. The fourth-order valence-corrected chi connectivity index (χ4v) is 3.62. The molecule has 2 atom stereocenters. The van der Waals surface area contributed by atoms with E-state index >= 15 is 0 Å². The van der Waals surface area contributed by atoms with E-state index in [2.05, 4.69) is 0 Å². The summed E-state index contributed by atoms with van der Waals surface area (Å²) in [5.41, 5.74) is 2.12. The van der Waals surface area contributed by atoms with Gasteiger partial charge in [0.15, 0.2) is 0 Å². The van der Waals surface area contributed by atoms with Crippen LogP contribution in [0.15, 0.2) is 66.7 Å². The molecule has 0 saturated carbocycles. The number of benzene rings is 2. The van der Waals surface area contributed by atoms with E-state index in [1.807, 2.05) is 66.7 Å². The van der Waals surface area contributed by atoms with E-state index in [4.69, 9.17) is 14.2 Å². The number of hydrogen-bond donors (Lipinski definition) is 0. The van der Waals surface area contributed by atoms with Crippen LogP contribution in [0.4, 0.5) is 0 Å². The van der Waals surface area contributed by atoms with Gasteiger partial charge in [-0.3, -0.25) is 9.59 Å². The minimum atomic E-state index is -0.163. The van der Waals surface area contributed by atoms with E-state index < -0.39 is 0 Å². The first-order chi connectivity index (χ1) is 17.3. The van der Waals surface area contributed by atoms with E-state index in [1.54, 1.807) is 45.1 Å². The maximum Gasteiger partial charge on any atom is 0.222 e. The lowest BCUT2D eigenvalue weighted by atomic mass is 9.86. The van der Waals surface area contributed by atoms with Crippen molar-refractivity contribution in [1.82, 2.24) is 9.80 Å². The molecule has 2 rings (SSSR count). The van der Waals surface area contributed by atoms with Crippen molar-refractivity contribution in [3.05, 3.63) is 77.9 Å². The monoisotopic (exact) mass is 496 g/mol. The molecule has 36 heavy (non-hydrogen) atoms. The number of nitrogens with zero attached hydrogens (tertiary/aromatic N) is 2. The standard InChI is InChI=1S/C29H40N2O5/c1-30(2)28(32)18-25(12-9-17-35-20-24-13-15-27(34-5)16-14-24)26(19-29(33)31(3)4)22-36-21-23-10-7-6-8-11-23/h6-16,25-26H,17-22H2,1-5H3/b12-9+/t25-,26+/m1/s1. The van der Waals surface area contributed by atoms with Gasteiger partial charge in [-0.1, -0.05) is 54.6 Å².